The quantitative estimate of drug-likeness (QED) is 0.648. The first kappa shape index (κ1) is 16.2. The second-order valence-corrected chi connectivity index (χ2v) is 7.29. The van der Waals surface area contributed by atoms with Crippen molar-refractivity contribution in [3.63, 3.8) is 0 Å². The van der Waals surface area contributed by atoms with E-state index < -0.39 is 11.6 Å². The first-order valence-corrected chi connectivity index (χ1v) is 8.66. The highest BCUT2D eigenvalue weighted by atomic mass is 79.9. The molecular weight excluding hydrogens is 360 g/mol. The third-order valence-electron chi connectivity index (χ3n) is 4.95. The van der Waals surface area contributed by atoms with Crippen LogP contribution in [0.4, 0.5) is 4.79 Å². The summed E-state index contributed by atoms with van der Waals surface area (Å²) in [6.45, 7) is 1.78. The van der Waals surface area contributed by atoms with Gasteiger partial charge < -0.3 is 5.32 Å². The Morgan fingerprint density at radius 3 is 2.87 bits per heavy atom. The Hall–Kier alpha value is -1.69. The number of carbonyl (C=O) groups excluding carboxylic acids is 3. The number of nitrogens with one attached hydrogen (secondary N) is 1. The van der Waals surface area contributed by atoms with E-state index in [1.54, 1.807) is 18.2 Å². The monoisotopic (exact) mass is 378 g/mol. The van der Waals surface area contributed by atoms with Gasteiger partial charge in [0, 0.05) is 10.0 Å². The highest BCUT2D eigenvalue weighted by Crippen LogP contribution is 2.38. The van der Waals surface area contributed by atoms with E-state index >= 15 is 0 Å². The first-order chi connectivity index (χ1) is 10.9. The van der Waals surface area contributed by atoms with Gasteiger partial charge in [0.25, 0.3) is 5.91 Å². The molecule has 1 aliphatic carbocycles. The van der Waals surface area contributed by atoms with Crippen molar-refractivity contribution < 1.29 is 14.4 Å². The van der Waals surface area contributed by atoms with Gasteiger partial charge >= 0.3 is 6.03 Å². The number of Topliss-reactive ketones (excluding diaryl/α,β-unsaturated/α-hetero) is 1. The van der Waals surface area contributed by atoms with E-state index in [4.69, 9.17) is 0 Å². The van der Waals surface area contributed by atoms with Crippen molar-refractivity contribution in [1.82, 2.24) is 10.2 Å². The average Bonchev–Trinajstić information content (AvgIpc) is 2.75. The Bertz CT molecular complexity index is 676. The largest absolute Gasteiger partial charge is 0.325 e. The molecule has 0 radical (unpaired) electrons. The summed E-state index contributed by atoms with van der Waals surface area (Å²) in [4.78, 5) is 38.6. The van der Waals surface area contributed by atoms with Crippen molar-refractivity contribution in [2.24, 2.45) is 5.92 Å². The summed E-state index contributed by atoms with van der Waals surface area (Å²) in [5, 5.41) is 2.86. The van der Waals surface area contributed by atoms with Crippen LogP contribution in [0.15, 0.2) is 28.7 Å². The molecule has 1 aromatic carbocycles. The molecule has 1 saturated carbocycles. The van der Waals surface area contributed by atoms with Gasteiger partial charge in [0.2, 0.25) is 0 Å². The summed E-state index contributed by atoms with van der Waals surface area (Å²) in [6, 6.07) is 6.51. The van der Waals surface area contributed by atoms with E-state index in [1.807, 2.05) is 13.0 Å². The number of carbonyl (C=O) groups is 3. The van der Waals surface area contributed by atoms with E-state index in [0.29, 0.717) is 12.0 Å². The zero-order valence-corrected chi connectivity index (χ0v) is 14.6. The van der Waals surface area contributed by atoms with Crippen LogP contribution in [0.5, 0.6) is 0 Å². The lowest BCUT2D eigenvalue weighted by molar-refractivity contribution is -0.133. The fourth-order valence-electron chi connectivity index (χ4n) is 3.54. The Morgan fingerprint density at radius 1 is 1.39 bits per heavy atom. The minimum atomic E-state index is -0.813. The third-order valence-corrected chi connectivity index (χ3v) is 5.44. The third kappa shape index (κ3) is 2.80. The normalized spacial score (nSPS) is 27.4. The smallest absolute Gasteiger partial charge is 0.323 e. The average molecular weight is 379 g/mol. The van der Waals surface area contributed by atoms with E-state index in [2.05, 4.69) is 21.2 Å². The first-order valence-electron chi connectivity index (χ1n) is 7.87. The standard InChI is InChI=1S/C17H19BrN2O3/c1-11-5-2-3-8-17(11)15(22)20(16(23)19-17)10-14(21)12-6-4-7-13(18)9-12/h4,6-7,9,11H,2-3,5,8,10H2,1H3,(H,19,23)/t11-,17-/m1/s1. The number of hydrogen-bond acceptors (Lipinski definition) is 3. The molecule has 2 atom stereocenters. The number of benzene rings is 1. The summed E-state index contributed by atoms with van der Waals surface area (Å²) >= 11 is 3.32. The molecule has 2 aliphatic rings. The number of ketones is 1. The van der Waals surface area contributed by atoms with Crippen molar-refractivity contribution in [3.8, 4) is 0 Å². The van der Waals surface area contributed by atoms with Gasteiger partial charge in [-0.3, -0.25) is 14.5 Å². The van der Waals surface area contributed by atoms with Crippen LogP contribution in [-0.2, 0) is 4.79 Å². The van der Waals surface area contributed by atoms with Crippen molar-refractivity contribution in [2.75, 3.05) is 6.54 Å². The maximum Gasteiger partial charge on any atom is 0.325 e. The highest BCUT2D eigenvalue weighted by molar-refractivity contribution is 9.10. The van der Waals surface area contributed by atoms with E-state index in [0.717, 1.165) is 28.6 Å². The highest BCUT2D eigenvalue weighted by Gasteiger charge is 2.55. The number of imide groups is 1. The maximum absolute atomic E-state index is 12.8. The lowest BCUT2D eigenvalue weighted by Crippen LogP contribution is -2.54. The van der Waals surface area contributed by atoms with Gasteiger partial charge in [-0.2, -0.15) is 0 Å². The van der Waals surface area contributed by atoms with E-state index in [9.17, 15) is 14.4 Å². The van der Waals surface area contributed by atoms with Gasteiger partial charge in [-0.15, -0.1) is 0 Å². The van der Waals surface area contributed by atoms with Crippen LogP contribution in [0.1, 0.15) is 43.0 Å². The van der Waals surface area contributed by atoms with Gasteiger partial charge in [-0.05, 0) is 30.9 Å². The summed E-state index contributed by atoms with van der Waals surface area (Å²) < 4.78 is 0.790. The summed E-state index contributed by atoms with van der Waals surface area (Å²) in [7, 11) is 0. The summed E-state index contributed by atoms with van der Waals surface area (Å²) in [5.74, 6) is -0.396. The molecule has 5 nitrogen and oxygen atoms in total. The second kappa shape index (κ2) is 6.07. The Labute approximate surface area is 143 Å². The molecule has 1 N–H and O–H groups in total. The maximum atomic E-state index is 12.8. The lowest BCUT2D eigenvalue weighted by atomic mass is 9.73. The van der Waals surface area contributed by atoms with Crippen LogP contribution in [0.25, 0.3) is 0 Å². The molecule has 0 bridgehead atoms. The van der Waals surface area contributed by atoms with Gasteiger partial charge in [0.05, 0.1) is 6.54 Å². The molecular formula is C17H19BrN2O3. The van der Waals surface area contributed by atoms with Gasteiger partial charge in [-0.25, -0.2) is 4.79 Å². The minimum absolute atomic E-state index is 0.0960. The van der Waals surface area contributed by atoms with Gasteiger partial charge in [0.15, 0.2) is 5.78 Å². The fraction of sp³-hybridized carbons (Fsp3) is 0.471. The Morgan fingerprint density at radius 2 is 2.17 bits per heavy atom. The topological polar surface area (TPSA) is 66.5 Å². The molecule has 6 heteroatoms. The molecule has 0 aromatic heterocycles. The second-order valence-electron chi connectivity index (χ2n) is 6.37. The fourth-order valence-corrected chi connectivity index (χ4v) is 3.94. The zero-order chi connectivity index (χ0) is 16.6. The minimum Gasteiger partial charge on any atom is -0.323 e. The van der Waals surface area contributed by atoms with Crippen molar-refractivity contribution in [2.45, 2.75) is 38.1 Å². The number of halogens is 1. The van der Waals surface area contributed by atoms with Crippen LogP contribution in [0.3, 0.4) is 0 Å². The number of amides is 3. The van der Waals surface area contributed by atoms with Gasteiger partial charge in [0.1, 0.15) is 5.54 Å². The summed E-state index contributed by atoms with van der Waals surface area (Å²) in [6.07, 6.45) is 3.56. The molecule has 3 amide bonds. The predicted molar refractivity (Wildman–Crippen MR) is 89.1 cm³/mol. The molecule has 1 heterocycles. The molecule has 2 fully saturated rings. The van der Waals surface area contributed by atoms with Crippen molar-refractivity contribution >= 4 is 33.7 Å². The van der Waals surface area contributed by atoms with Crippen LogP contribution >= 0.6 is 15.9 Å². The SMILES string of the molecule is C[C@@H]1CCCC[C@@]12NC(=O)N(CC(=O)c1cccc(Br)c1)C2=O. The number of urea groups is 1. The number of nitrogens with zero attached hydrogens (tertiary/aromatic N) is 1. The van der Waals surface area contributed by atoms with Crippen LogP contribution in [0.2, 0.25) is 0 Å². The molecule has 1 aromatic rings. The molecule has 1 saturated heterocycles. The summed E-state index contributed by atoms with van der Waals surface area (Å²) in [5.41, 5.74) is -0.329. The molecule has 1 spiro atoms. The Balaban J connectivity index is 1.79. The Kier molecular flexibility index (Phi) is 4.27. The molecule has 1 aliphatic heterocycles. The van der Waals surface area contributed by atoms with Crippen LogP contribution < -0.4 is 5.32 Å². The number of rotatable bonds is 3. The van der Waals surface area contributed by atoms with Crippen LogP contribution in [-0.4, -0.2) is 34.7 Å². The molecule has 122 valence electrons. The molecule has 0 unspecified atom stereocenters. The number of hydrogen-bond donors (Lipinski definition) is 1. The molecule has 3 rings (SSSR count). The van der Waals surface area contributed by atoms with Crippen molar-refractivity contribution in [1.29, 1.82) is 0 Å². The lowest BCUT2D eigenvalue weighted by Gasteiger charge is -2.36. The van der Waals surface area contributed by atoms with Gasteiger partial charge in [-0.1, -0.05) is 47.8 Å². The van der Waals surface area contributed by atoms with E-state index in [1.165, 1.54) is 0 Å². The molecule has 23 heavy (non-hydrogen) atoms. The zero-order valence-electron chi connectivity index (χ0n) is 13.0. The van der Waals surface area contributed by atoms with Crippen LogP contribution in [0, 0.1) is 5.92 Å². The van der Waals surface area contributed by atoms with E-state index in [-0.39, 0.29) is 24.2 Å². The van der Waals surface area contributed by atoms with Crippen molar-refractivity contribution in [3.05, 3.63) is 34.3 Å². The predicted octanol–water partition coefficient (Wildman–Crippen LogP) is 3.13.